The van der Waals surface area contributed by atoms with Crippen molar-refractivity contribution in [3.63, 3.8) is 0 Å². The minimum absolute atomic E-state index is 0.481. The van der Waals surface area contributed by atoms with Gasteiger partial charge in [0.05, 0.1) is 0 Å². The summed E-state index contributed by atoms with van der Waals surface area (Å²) in [7, 11) is 0. The first-order valence-electron chi connectivity index (χ1n) is 4.71. The maximum atomic E-state index is 8.67. The number of aromatic nitrogens is 1. The maximum Gasteiger partial charge on any atom is 0.141 e. The molecule has 0 aliphatic heterocycles. The summed E-state index contributed by atoms with van der Waals surface area (Å²) in [5.41, 5.74) is 1.03. The Morgan fingerprint density at radius 2 is 2.33 bits per heavy atom. The second-order valence-corrected chi connectivity index (χ2v) is 3.54. The lowest BCUT2D eigenvalue weighted by atomic mass is 10.2. The zero-order valence-electron chi connectivity index (χ0n) is 8.81. The summed E-state index contributed by atoms with van der Waals surface area (Å²) in [5.74, 6) is 0.590. The Hall–Kier alpha value is -1.29. The van der Waals surface area contributed by atoms with Crippen LogP contribution < -0.4 is 0 Å². The number of nitrogens with zero attached hydrogens (tertiary/aromatic N) is 3. The van der Waals surface area contributed by atoms with E-state index in [0.29, 0.717) is 17.5 Å². The Morgan fingerprint density at radius 3 is 2.80 bits per heavy atom. The molecule has 0 atom stereocenters. The smallest absolute Gasteiger partial charge is 0.141 e. The average Bonchev–Trinajstić information content (AvgIpc) is 2.27. The molecular formula is C10H14ClN3O. The first-order valence-corrected chi connectivity index (χ1v) is 5.09. The van der Waals surface area contributed by atoms with Crippen LogP contribution in [0.25, 0.3) is 0 Å². The van der Waals surface area contributed by atoms with Gasteiger partial charge in [-0.05, 0) is 25.5 Å². The molecule has 0 aliphatic carbocycles. The molecule has 1 aromatic rings. The summed E-state index contributed by atoms with van der Waals surface area (Å²) in [6.45, 7) is 5.19. The van der Waals surface area contributed by atoms with Gasteiger partial charge in [0, 0.05) is 19.3 Å². The Balaban J connectivity index is 2.71. The van der Waals surface area contributed by atoms with Gasteiger partial charge in [0.25, 0.3) is 0 Å². The van der Waals surface area contributed by atoms with E-state index < -0.39 is 0 Å². The van der Waals surface area contributed by atoms with E-state index >= 15 is 0 Å². The maximum absolute atomic E-state index is 8.67. The van der Waals surface area contributed by atoms with E-state index in [1.807, 2.05) is 17.9 Å². The van der Waals surface area contributed by atoms with Crippen molar-refractivity contribution in [1.29, 1.82) is 0 Å². The number of rotatable bonds is 3. The lowest BCUT2D eigenvalue weighted by Crippen LogP contribution is -2.28. The summed E-state index contributed by atoms with van der Waals surface area (Å²) in [6.07, 6.45) is 1.72. The number of hydrogen-bond donors (Lipinski definition) is 1. The molecule has 15 heavy (non-hydrogen) atoms. The molecule has 1 rings (SSSR count). The third-order valence-corrected chi connectivity index (χ3v) is 2.37. The van der Waals surface area contributed by atoms with Crippen LogP contribution in [0.5, 0.6) is 0 Å². The second kappa shape index (κ2) is 5.56. The molecular weight excluding hydrogens is 214 g/mol. The van der Waals surface area contributed by atoms with Crippen LogP contribution in [-0.4, -0.2) is 27.5 Å². The number of pyridine rings is 1. The largest absolute Gasteiger partial charge is 0.409 e. The van der Waals surface area contributed by atoms with E-state index in [9.17, 15) is 0 Å². The molecule has 1 heterocycles. The van der Waals surface area contributed by atoms with Gasteiger partial charge in [-0.25, -0.2) is 4.98 Å². The average molecular weight is 228 g/mol. The SMILES string of the molecule is CCN(Cc1ccc(Cl)nc1)/C(C)=N/O. The quantitative estimate of drug-likeness (QED) is 0.284. The predicted octanol–water partition coefficient (Wildman–Crippen LogP) is 2.36. The fraction of sp³-hybridized carbons (Fsp3) is 0.400. The zero-order valence-corrected chi connectivity index (χ0v) is 9.57. The van der Waals surface area contributed by atoms with Crippen molar-refractivity contribution >= 4 is 17.4 Å². The van der Waals surface area contributed by atoms with Gasteiger partial charge < -0.3 is 10.1 Å². The molecule has 0 aliphatic rings. The number of halogens is 1. The molecule has 0 unspecified atom stereocenters. The zero-order chi connectivity index (χ0) is 11.3. The van der Waals surface area contributed by atoms with Crippen LogP contribution in [-0.2, 0) is 6.54 Å². The van der Waals surface area contributed by atoms with Crippen LogP contribution in [0.4, 0.5) is 0 Å². The van der Waals surface area contributed by atoms with Crippen molar-refractivity contribution in [2.24, 2.45) is 5.16 Å². The highest BCUT2D eigenvalue weighted by atomic mass is 35.5. The van der Waals surface area contributed by atoms with Gasteiger partial charge in [-0.2, -0.15) is 0 Å². The summed E-state index contributed by atoms with van der Waals surface area (Å²) in [6, 6.07) is 3.65. The number of hydrogen-bond acceptors (Lipinski definition) is 3. The molecule has 1 aromatic heterocycles. The normalized spacial score (nSPS) is 11.5. The standard InChI is InChI=1S/C10H14ClN3O/c1-3-14(8(2)13-15)7-9-4-5-10(11)12-6-9/h4-6,15H,3,7H2,1-2H3/b13-8+. The van der Waals surface area contributed by atoms with Crippen molar-refractivity contribution in [2.75, 3.05) is 6.54 Å². The van der Waals surface area contributed by atoms with Gasteiger partial charge in [-0.3, -0.25) is 0 Å². The van der Waals surface area contributed by atoms with Crippen LogP contribution in [0.15, 0.2) is 23.5 Å². The second-order valence-electron chi connectivity index (χ2n) is 3.15. The number of amidine groups is 1. The Morgan fingerprint density at radius 1 is 1.60 bits per heavy atom. The van der Waals surface area contributed by atoms with Gasteiger partial charge in [-0.15, -0.1) is 0 Å². The molecule has 0 bridgehead atoms. The van der Waals surface area contributed by atoms with Crippen LogP contribution in [0, 0.1) is 0 Å². The van der Waals surface area contributed by atoms with E-state index in [1.54, 1.807) is 19.2 Å². The van der Waals surface area contributed by atoms with E-state index in [2.05, 4.69) is 10.1 Å². The highest BCUT2D eigenvalue weighted by molar-refractivity contribution is 6.29. The van der Waals surface area contributed by atoms with E-state index in [1.165, 1.54) is 0 Å². The molecule has 0 spiro atoms. The summed E-state index contributed by atoms with van der Waals surface area (Å²) >= 11 is 5.68. The molecule has 0 radical (unpaired) electrons. The van der Waals surface area contributed by atoms with Gasteiger partial charge in [0.2, 0.25) is 0 Å². The molecule has 0 saturated heterocycles. The van der Waals surface area contributed by atoms with Gasteiger partial charge in [-0.1, -0.05) is 22.8 Å². The van der Waals surface area contributed by atoms with Gasteiger partial charge >= 0.3 is 0 Å². The molecule has 82 valence electrons. The van der Waals surface area contributed by atoms with Crippen molar-refractivity contribution in [2.45, 2.75) is 20.4 Å². The van der Waals surface area contributed by atoms with E-state index in [-0.39, 0.29) is 0 Å². The summed E-state index contributed by atoms with van der Waals surface area (Å²) < 4.78 is 0. The lowest BCUT2D eigenvalue weighted by Gasteiger charge is -2.20. The molecule has 5 heteroatoms. The highest BCUT2D eigenvalue weighted by Gasteiger charge is 2.05. The molecule has 0 amide bonds. The van der Waals surface area contributed by atoms with Gasteiger partial charge in [0.15, 0.2) is 0 Å². The minimum atomic E-state index is 0.481. The highest BCUT2D eigenvalue weighted by Crippen LogP contribution is 2.08. The van der Waals surface area contributed by atoms with Crippen LogP contribution in [0.1, 0.15) is 19.4 Å². The molecule has 0 aromatic carbocycles. The van der Waals surface area contributed by atoms with E-state index in [0.717, 1.165) is 12.1 Å². The lowest BCUT2D eigenvalue weighted by molar-refractivity contribution is 0.299. The fourth-order valence-electron chi connectivity index (χ4n) is 1.24. The third kappa shape index (κ3) is 3.40. The molecule has 0 fully saturated rings. The third-order valence-electron chi connectivity index (χ3n) is 2.15. The Bertz CT molecular complexity index is 337. The van der Waals surface area contributed by atoms with Crippen LogP contribution in [0.3, 0.4) is 0 Å². The van der Waals surface area contributed by atoms with Gasteiger partial charge in [0.1, 0.15) is 11.0 Å². The summed E-state index contributed by atoms with van der Waals surface area (Å²) in [4.78, 5) is 5.92. The summed E-state index contributed by atoms with van der Waals surface area (Å²) in [5, 5.41) is 12.3. The monoisotopic (exact) mass is 227 g/mol. The fourth-order valence-corrected chi connectivity index (χ4v) is 1.35. The van der Waals surface area contributed by atoms with Crippen molar-refractivity contribution < 1.29 is 5.21 Å². The first kappa shape index (κ1) is 11.8. The minimum Gasteiger partial charge on any atom is -0.409 e. The molecule has 4 nitrogen and oxygen atoms in total. The van der Waals surface area contributed by atoms with Crippen molar-refractivity contribution in [1.82, 2.24) is 9.88 Å². The predicted molar refractivity (Wildman–Crippen MR) is 60.2 cm³/mol. The molecule has 1 N–H and O–H groups in total. The molecule has 0 saturated carbocycles. The Labute approximate surface area is 94.2 Å². The topological polar surface area (TPSA) is 48.7 Å². The van der Waals surface area contributed by atoms with Crippen LogP contribution >= 0.6 is 11.6 Å². The van der Waals surface area contributed by atoms with Crippen molar-refractivity contribution in [3.8, 4) is 0 Å². The van der Waals surface area contributed by atoms with E-state index in [4.69, 9.17) is 16.8 Å². The Kier molecular flexibility index (Phi) is 4.37. The van der Waals surface area contributed by atoms with Crippen LogP contribution in [0.2, 0.25) is 5.15 Å². The number of oxime groups is 1. The first-order chi connectivity index (χ1) is 7.17. The van der Waals surface area contributed by atoms with Crippen molar-refractivity contribution in [3.05, 3.63) is 29.0 Å².